The van der Waals surface area contributed by atoms with Crippen LogP contribution in [-0.2, 0) is 16.6 Å². The van der Waals surface area contributed by atoms with Crippen LogP contribution in [0.4, 0.5) is 5.69 Å². The highest BCUT2D eigenvalue weighted by atomic mass is 79.9. The van der Waals surface area contributed by atoms with Crippen LogP contribution in [0.1, 0.15) is 5.56 Å². The van der Waals surface area contributed by atoms with Crippen LogP contribution in [0, 0.1) is 6.92 Å². The molecule has 9 heteroatoms. The summed E-state index contributed by atoms with van der Waals surface area (Å²) in [7, 11) is 1.87. The summed E-state index contributed by atoms with van der Waals surface area (Å²) >= 11 is 4.64. The van der Waals surface area contributed by atoms with Gasteiger partial charge in [0, 0.05) is 17.1 Å². The van der Waals surface area contributed by atoms with Gasteiger partial charge in [-0.3, -0.25) is 9.59 Å². The first-order chi connectivity index (χ1) is 14.0. The Morgan fingerprint density at radius 2 is 1.79 bits per heavy atom. The first kappa shape index (κ1) is 21.1. The molecule has 1 heterocycles. The molecule has 0 fully saturated rings. The van der Waals surface area contributed by atoms with E-state index in [9.17, 15) is 9.59 Å². The smallest absolute Gasteiger partial charge is 0.243 e. The Morgan fingerprint density at radius 1 is 1.07 bits per heavy atom. The molecular formula is C20H20BrN5O2S. The quantitative estimate of drug-likeness (QED) is 0.513. The number of carbonyl (C=O) groups is 2. The number of halogens is 1. The molecular weight excluding hydrogens is 454 g/mol. The number of rotatable bonds is 7. The van der Waals surface area contributed by atoms with Crippen molar-refractivity contribution in [2.24, 2.45) is 7.05 Å². The average Bonchev–Trinajstić information content (AvgIpc) is 3.07. The highest BCUT2D eigenvalue weighted by molar-refractivity contribution is 9.10. The van der Waals surface area contributed by atoms with Gasteiger partial charge in [-0.05, 0) is 40.5 Å². The summed E-state index contributed by atoms with van der Waals surface area (Å²) in [6.45, 7) is 1.91. The number of amides is 2. The van der Waals surface area contributed by atoms with Gasteiger partial charge in [0.1, 0.15) is 0 Å². The summed E-state index contributed by atoms with van der Waals surface area (Å²) in [6.07, 6.45) is 0. The number of benzene rings is 2. The maximum absolute atomic E-state index is 12.1. The molecule has 2 aromatic carbocycles. The van der Waals surface area contributed by atoms with Crippen molar-refractivity contribution < 1.29 is 9.59 Å². The Morgan fingerprint density at radius 3 is 2.55 bits per heavy atom. The van der Waals surface area contributed by atoms with Gasteiger partial charge in [-0.1, -0.05) is 48.2 Å². The van der Waals surface area contributed by atoms with Crippen molar-refractivity contribution in [1.29, 1.82) is 0 Å². The van der Waals surface area contributed by atoms with E-state index >= 15 is 0 Å². The highest BCUT2D eigenvalue weighted by Gasteiger charge is 2.14. The van der Waals surface area contributed by atoms with E-state index in [2.05, 4.69) is 36.8 Å². The lowest BCUT2D eigenvalue weighted by molar-refractivity contribution is -0.122. The second-order valence-corrected chi connectivity index (χ2v) is 8.07. The predicted molar refractivity (Wildman–Crippen MR) is 118 cm³/mol. The van der Waals surface area contributed by atoms with Crippen LogP contribution in [0.25, 0.3) is 11.4 Å². The van der Waals surface area contributed by atoms with E-state index in [0.717, 1.165) is 21.4 Å². The molecule has 0 unspecified atom stereocenters. The van der Waals surface area contributed by atoms with Gasteiger partial charge < -0.3 is 15.2 Å². The van der Waals surface area contributed by atoms with Crippen molar-refractivity contribution >= 4 is 45.2 Å². The van der Waals surface area contributed by atoms with Crippen LogP contribution in [-0.4, -0.2) is 38.9 Å². The third kappa shape index (κ3) is 5.45. The zero-order valence-electron chi connectivity index (χ0n) is 16.0. The normalized spacial score (nSPS) is 10.6. The van der Waals surface area contributed by atoms with E-state index < -0.39 is 0 Å². The van der Waals surface area contributed by atoms with Crippen molar-refractivity contribution in [3.63, 3.8) is 0 Å². The fourth-order valence-electron chi connectivity index (χ4n) is 2.62. The summed E-state index contributed by atoms with van der Waals surface area (Å²) < 4.78 is 2.64. The van der Waals surface area contributed by atoms with Gasteiger partial charge >= 0.3 is 0 Å². The number of thioether (sulfide) groups is 1. The molecule has 29 heavy (non-hydrogen) atoms. The third-order valence-corrected chi connectivity index (χ3v) is 5.86. The first-order valence-electron chi connectivity index (χ1n) is 8.85. The first-order valence-corrected chi connectivity index (χ1v) is 10.6. The third-order valence-electron chi connectivity index (χ3n) is 4.15. The van der Waals surface area contributed by atoms with Gasteiger partial charge in [0.15, 0.2) is 11.0 Å². The molecule has 0 atom stereocenters. The van der Waals surface area contributed by atoms with Crippen LogP contribution >= 0.6 is 27.7 Å². The lowest BCUT2D eigenvalue weighted by atomic mass is 10.1. The fourth-order valence-corrected chi connectivity index (χ4v) is 3.74. The minimum atomic E-state index is -0.296. The van der Waals surface area contributed by atoms with Crippen LogP contribution in [0.2, 0.25) is 0 Å². The van der Waals surface area contributed by atoms with Crippen LogP contribution in [0.5, 0.6) is 0 Å². The van der Waals surface area contributed by atoms with Gasteiger partial charge in [0.05, 0.1) is 18.0 Å². The highest BCUT2D eigenvalue weighted by Crippen LogP contribution is 2.25. The molecule has 2 N–H and O–H groups in total. The van der Waals surface area contributed by atoms with E-state index in [1.54, 1.807) is 6.07 Å². The Labute approximate surface area is 181 Å². The average molecular weight is 474 g/mol. The Bertz CT molecular complexity index is 1040. The maximum atomic E-state index is 12.1. The van der Waals surface area contributed by atoms with Gasteiger partial charge in [0.2, 0.25) is 11.8 Å². The number of anilines is 1. The zero-order chi connectivity index (χ0) is 20.8. The number of carbonyl (C=O) groups excluding carboxylic acids is 2. The lowest BCUT2D eigenvalue weighted by Gasteiger charge is -2.08. The molecule has 150 valence electrons. The Hall–Kier alpha value is -2.65. The lowest BCUT2D eigenvalue weighted by Crippen LogP contribution is -2.34. The summed E-state index contributed by atoms with van der Waals surface area (Å²) in [4.78, 5) is 24.1. The van der Waals surface area contributed by atoms with Gasteiger partial charge in [-0.25, -0.2) is 0 Å². The largest absolute Gasteiger partial charge is 0.346 e. The molecule has 0 aliphatic carbocycles. The number of para-hydroxylation sites is 1. The molecule has 0 spiro atoms. The zero-order valence-corrected chi connectivity index (χ0v) is 18.4. The summed E-state index contributed by atoms with van der Waals surface area (Å²) in [5.41, 5.74) is 2.76. The SMILES string of the molecule is Cc1ccccc1-c1nnc(SCC(=O)NCC(=O)Nc2ccccc2Br)n1C. The summed E-state index contributed by atoms with van der Waals surface area (Å²) in [5, 5.41) is 14.4. The van der Waals surface area contributed by atoms with Crippen LogP contribution < -0.4 is 10.6 Å². The van der Waals surface area contributed by atoms with Crippen molar-refractivity contribution in [3.8, 4) is 11.4 Å². The number of nitrogens with zero attached hydrogens (tertiary/aromatic N) is 3. The molecule has 0 saturated carbocycles. The predicted octanol–water partition coefficient (Wildman–Crippen LogP) is 3.40. The summed E-state index contributed by atoms with van der Waals surface area (Å²) in [5.74, 6) is 0.342. The summed E-state index contributed by atoms with van der Waals surface area (Å²) in [6, 6.07) is 15.2. The van der Waals surface area contributed by atoms with Crippen molar-refractivity contribution in [1.82, 2.24) is 20.1 Å². The molecule has 0 saturated heterocycles. The topological polar surface area (TPSA) is 88.9 Å². The number of hydrogen-bond acceptors (Lipinski definition) is 5. The minimum absolute atomic E-state index is 0.103. The number of nitrogens with one attached hydrogen (secondary N) is 2. The van der Waals surface area contributed by atoms with E-state index in [1.807, 2.05) is 61.0 Å². The molecule has 0 bridgehead atoms. The van der Waals surface area contributed by atoms with Gasteiger partial charge in [0.25, 0.3) is 0 Å². The molecule has 0 aliphatic rings. The fraction of sp³-hybridized carbons (Fsp3) is 0.200. The second-order valence-electron chi connectivity index (χ2n) is 6.27. The molecule has 2 amide bonds. The molecule has 0 radical (unpaired) electrons. The number of aromatic nitrogens is 3. The molecule has 3 aromatic rings. The molecule has 1 aromatic heterocycles. The minimum Gasteiger partial charge on any atom is -0.346 e. The number of hydrogen-bond donors (Lipinski definition) is 2. The van der Waals surface area contributed by atoms with Gasteiger partial charge in [-0.15, -0.1) is 10.2 Å². The Balaban J connectivity index is 1.50. The molecule has 3 rings (SSSR count). The van der Waals surface area contributed by atoms with E-state index in [4.69, 9.17) is 0 Å². The van der Waals surface area contributed by atoms with E-state index in [-0.39, 0.29) is 24.1 Å². The number of aryl methyl sites for hydroxylation is 1. The van der Waals surface area contributed by atoms with E-state index in [1.165, 1.54) is 11.8 Å². The van der Waals surface area contributed by atoms with Crippen LogP contribution in [0.15, 0.2) is 58.2 Å². The Kier molecular flexibility index (Phi) is 7.05. The van der Waals surface area contributed by atoms with E-state index in [0.29, 0.717) is 10.8 Å². The standard InChI is InChI=1S/C20H20BrN5O2S/c1-13-7-3-4-8-14(13)19-24-25-20(26(19)2)29-12-18(28)22-11-17(27)23-16-10-6-5-9-15(16)21/h3-10H,11-12H2,1-2H3,(H,22,28)(H,23,27). The van der Waals surface area contributed by atoms with Crippen molar-refractivity contribution in [2.45, 2.75) is 12.1 Å². The molecule has 7 nitrogen and oxygen atoms in total. The van der Waals surface area contributed by atoms with Crippen LogP contribution in [0.3, 0.4) is 0 Å². The van der Waals surface area contributed by atoms with Crippen molar-refractivity contribution in [3.05, 3.63) is 58.6 Å². The monoisotopic (exact) mass is 473 g/mol. The van der Waals surface area contributed by atoms with Gasteiger partial charge in [-0.2, -0.15) is 0 Å². The second kappa shape index (κ2) is 9.71. The maximum Gasteiger partial charge on any atom is 0.243 e. The molecule has 0 aliphatic heterocycles. The van der Waals surface area contributed by atoms with Crippen molar-refractivity contribution in [2.75, 3.05) is 17.6 Å².